The second-order valence-corrected chi connectivity index (χ2v) is 3.85. The van der Waals surface area contributed by atoms with Gasteiger partial charge in [-0.2, -0.15) is 0 Å². The Morgan fingerprint density at radius 1 is 1.47 bits per heavy atom. The largest absolute Gasteiger partial charge is 0.338 e. The van der Waals surface area contributed by atoms with E-state index >= 15 is 0 Å². The zero-order chi connectivity index (χ0) is 10.8. The number of aromatic nitrogens is 2. The number of amides is 1. The molecule has 0 saturated carbocycles. The van der Waals surface area contributed by atoms with Gasteiger partial charge in [0.2, 0.25) is 5.91 Å². The summed E-state index contributed by atoms with van der Waals surface area (Å²) in [5, 5.41) is 5.39. The Balaban J connectivity index is 2.14. The zero-order valence-corrected chi connectivity index (χ0v) is 8.80. The van der Waals surface area contributed by atoms with E-state index in [0.29, 0.717) is 25.1 Å². The summed E-state index contributed by atoms with van der Waals surface area (Å²) in [5.74, 6) is 0.142. The summed E-state index contributed by atoms with van der Waals surface area (Å²) in [6, 6.07) is 0. The number of nitrogens with zero attached hydrogens (tertiary/aromatic N) is 1. The summed E-state index contributed by atoms with van der Waals surface area (Å²) < 4.78 is 0. The van der Waals surface area contributed by atoms with Crippen LogP contribution in [0.15, 0.2) is 4.79 Å². The molecular formula is C10H15N3O2. The van der Waals surface area contributed by atoms with E-state index in [1.54, 1.807) is 4.90 Å². The minimum atomic E-state index is -0.0981. The van der Waals surface area contributed by atoms with Crippen molar-refractivity contribution in [3.05, 3.63) is 21.6 Å². The maximum absolute atomic E-state index is 11.6. The molecule has 0 saturated heterocycles. The van der Waals surface area contributed by atoms with Crippen LogP contribution in [0.4, 0.5) is 0 Å². The number of nitrogens with one attached hydrogen (secondary N) is 2. The van der Waals surface area contributed by atoms with Crippen LogP contribution < -0.4 is 5.56 Å². The lowest BCUT2D eigenvalue weighted by atomic mass is 10.1. The van der Waals surface area contributed by atoms with E-state index in [9.17, 15) is 9.59 Å². The highest BCUT2D eigenvalue weighted by atomic mass is 16.2. The van der Waals surface area contributed by atoms with Crippen molar-refractivity contribution in [3.63, 3.8) is 0 Å². The Morgan fingerprint density at radius 2 is 2.27 bits per heavy atom. The quantitative estimate of drug-likeness (QED) is 0.739. The van der Waals surface area contributed by atoms with Crippen molar-refractivity contribution in [1.29, 1.82) is 0 Å². The summed E-state index contributed by atoms with van der Waals surface area (Å²) in [6.45, 7) is 3.14. The molecule has 0 aromatic carbocycles. The number of rotatable bonds is 2. The Bertz CT molecular complexity index is 419. The first kappa shape index (κ1) is 10.0. The Morgan fingerprint density at radius 3 is 3.00 bits per heavy atom. The number of carbonyl (C=O) groups excluding carboxylic acids is 1. The molecule has 0 fully saturated rings. The van der Waals surface area contributed by atoms with E-state index in [0.717, 1.165) is 18.5 Å². The minimum Gasteiger partial charge on any atom is -0.338 e. The van der Waals surface area contributed by atoms with E-state index in [2.05, 4.69) is 10.2 Å². The molecule has 0 unspecified atom stereocenters. The molecule has 0 aliphatic carbocycles. The summed E-state index contributed by atoms with van der Waals surface area (Å²) in [4.78, 5) is 24.8. The van der Waals surface area contributed by atoms with Crippen LogP contribution in [-0.4, -0.2) is 27.5 Å². The molecule has 1 aromatic rings. The fourth-order valence-electron chi connectivity index (χ4n) is 1.90. The van der Waals surface area contributed by atoms with Crippen molar-refractivity contribution < 1.29 is 4.79 Å². The summed E-state index contributed by atoms with van der Waals surface area (Å²) in [6.07, 6.45) is 2.16. The molecular weight excluding hydrogens is 194 g/mol. The molecule has 5 nitrogen and oxygen atoms in total. The van der Waals surface area contributed by atoms with Crippen molar-refractivity contribution >= 4 is 5.91 Å². The van der Waals surface area contributed by atoms with Gasteiger partial charge in [-0.3, -0.25) is 14.7 Å². The molecule has 1 aliphatic rings. The van der Waals surface area contributed by atoms with E-state index < -0.39 is 0 Å². The van der Waals surface area contributed by atoms with Crippen LogP contribution in [-0.2, 0) is 17.8 Å². The Labute approximate surface area is 87.5 Å². The lowest BCUT2D eigenvalue weighted by Gasteiger charge is -2.26. The smallest absolute Gasteiger partial charge is 0.269 e. The summed E-state index contributed by atoms with van der Waals surface area (Å²) >= 11 is 0. The van der Waals surface area contributed by atoms with Gasteiger partial charge in [-0.1, -0.05) is 6.92 Å². The predicted molar refractivity (Wildman–Crippen MR) is 55.4 cm³/mol. The monoisotopic (exact) mass is 209 g/mol. The standard InChI is InChI=1S/C10H15N3O2/c1-2-3-9(14)13-5-4-8-7(6-13)10(15)12-11-8/h2-6H2,1H3,(H2,11,12,15). The van der Waals surface area contributed by atoms with Crippen LogP contribution in [0, 0.1) is 0 Å². The van der Waals surface area contributed by atoms with E-state index in [1.807, 2.05) is 6.92 Å². The Kier molecular flexibility index (Phi) is 2.62. The number of aromatic amines is 2. The van der Waals surface area contributed by atoms with Crippen molar-refractivity contribution in [2.45, 2.75) is 32.7 Å². The first-order valence-corrected chi connectivity index (χ1v) is 5.28. The van der Waals surface area contributed by atoms with Crippen LogP contribution in [0.3, 0.4) is 0 Å². The SMILES string of the molecule is CCCC(=O)N1CCc2[nH][nH]c(=O)c2C1. The summed E-state index contributed by atoms with van der Waals surface area (Å²) in [5.41, 5.74) is 1.56. The highest BCUT2D eigenvalue weighted by Gasteiger charge is 2.23. The fraction of sp³-hybridized carbons (Fsp3) is 0.600. The molecule has 1 aliphatic heterocycles. The van der Waals surface area contributed by atoms with Gasteiger partial charge in [0.05, 0.1) is 12.1 Å². The fourth-order valence-corrected chi connectivity index (χ4v) is 1.90. The van der Waals surface area contributed by atoms with Crippen molar-refractivity contribution in [1.82, 2.24) is 15.1 Å². The maximum Gasteiger partial charge on any atom is 0.269 e. The minimum absolute atomic E-state index is 0.0981. The third kappa shape index (κ3) is 1.82. The molecule has 0 bridgehead atoms. The van der Waals surface area contributed by atoms with E-state index in [4.69, 9.17) is 0 Å². The average molecular weight is 209 g/mol. The molecule has 82 valence electrons. The van der Waals surface area contributed by atoms with E-state index in [-0.39, 0.29) is 11.5 Å². The molecule has 15 heavy (non-hydrogen) atoms. The number of hydrogen-bond donors (Lipinski definition) is 2. The van der Waals surface area contributed by atoms with Gasteiger partial charge in [0.25, 0.3) is 5.56 Å². The third-order valence-corrected chi connectivity index (χ3v) is 2.76. The first-order valence-electron chi connectivity index (χ1n) is 5.28. The van der Waals surface area contributed by atoms with Crippen molar-refractivity contribution in [3.8, 4) is 0 Å². The van der Waals surface area contributed by atoms with Crippen LogP contribution in [0.25, 0.3) is 0 Å². The third-order valence-electron chi connectivity index (χ3n) is 2.76. The van der Waals surface area contributed by atoms with Crippen LogP contribution >= 0.6 is 0 Å². The second-order valence-electron chi connectivity index (χ2n) is 3.85. The molecule has 1 amide bonds. The zero-order valence-electron chi connectivity index (χ0n) is 8.80. The average Bonchev–Trinajstić information content (AvgIpc) is 2.60. The predicted octanol–water partition coefficient (Wildman–Crippen LogP) is 0.388. The molecule has 2 rings (SSSR count). The van der Waals surface area contributed by atoms with Gasteiger partial charge in [0.15, 0.2) is 0 Å². The van der Waals surface area contributed by atoms with Gasteiger partial charge >= 0.3 is 0 Å². The van der Waals surface area contributed by atoms with Crippen LogP contribution in [0.5, 0.6) is 0 Å². The Hall–Kier alpha value is -1.52. The van der Waals surface area contributed by atoms with Crippen molar-refractivity contribution in [2.75, 3.05) is 6.54 Å². The molecule has 0 atom stereocenters. The van der Waals surface area contributed by atoms with Gasteiger partial charge in [-0.25, -0.2) is 0 Å². The topological polar surface area (TPSA) is 69.0 Å². The van der Waals surface area contributed by atoms with Gasteiger partial charge < -0.3 is 10.00 Å². The normalized spacial score (nSPS) is 15.1. The molecule has 2 heterocycles. The van der Waals surface area contributed by atoms with Gasteiger partial charge in [-0.05, 0) is 6.42 Å². The number of H-pyrrole nitrogens is 2. The summed E-state index contributed by atoms with van der Waals surface area (Å²) in [7, 11) is 0. The maximum atomic E-state index is 11.6. The molecule has 1 aromatic heterocycles. The second kappa shape index (κ2) is 3.92. The number of carbonyl (C=O) groups is 1. The van der Waals surface area contributed by atoms with Crippen molar-refractivity contribution in [2.24, 2.45) is 0 Å². The highest BCUT2D eigenvalue weighted by molar-refractivity contribution is 5.76. The van der Waals surface area contributed by atoms with Gasteiger partial charge in [-0.15, -0.1) is 0 Å². The van der Waals surface area contributed by atoms with Crippen LogP contribution in [0.1, 0.15) is 31.0 Å². The number of hydrogen-bond acceptors (Lipinski definition) is 2. The van der Waals surface area contributed by atoms with Gasteiger partial charge in [0, 0.05) is 25.1 Å². The first-order chi connectivity index (χ1) is 7.22. The highest BCUT2D eigenvalue weighted by Crippen LogP contribution is 2.14. The van der Waals surface area contributed by atoms with E-state index in [1.165, 1.54) is 0 Å². The number of fused-ring (bicyclic) bond motifs is 1. The molecule has 0 radical (unpaired) electrons. The lowest BCUT2D eigenvalue weighted by molar-refractivity contribution is -0.132. The molecule has 2 N–H and O–H groups in total. The van der Waals surface area contributed by atoms with Gasteiger partial charge in [0.1, 0.15) is 0 Å². The van der Waals surface area contributed by atoms with Crippen LogP contribution in [0.2, 0.25) is 0 Å². The molecule has 0 spiro atoms. The lowest BCUT2D eigenvalue weighted by Crippen LogP contribution is -2.37. The molecule has 5 heteroatoms.